The lowest BCUT2D eigenvalue weighted by Crippen LogP contribution is -2.16. The molecule has 0 unspecified atom stereocenters. The number of rotatable bonds is 1. The number of hydrogen-bond donors (Lipinski definition) is 1. The highest BCUT2D eigenvalue weighted by atomic mass is 127. The van der Waals surface area contributed by atoms with Gasteiger partial charge in [-0.2, -0.15) is 0 Å². The number of carbonyl (C=O) groups is 1. The van der Waals surface area contributed by atoms with E-state index >= 15 is 0 Å². The van der Waals surface area contributed by atoms with Gasteiger partial charge in [-0.1, -0.05) is 0 Å². The summed E-state index contributed by atoms with van der Waals surface area (Å²) < 4.78 is 1.96. The first kappa shape index (κ1) is 12.7. The zero-order valence-corrected chi connectivity index (χ0v) is 13.0. The standard InChI is InChI=1S/C12H8I2N2O/c13-7-1-3-8(4-2-7)16-11-6-10(15)12(17)5-9(11)14/h1-6H,15H2. The Bertz CT molecular complexity index is 556. The monoisotopic (exact) mass is 450 g/mol. The van der Waals surface area contributed by atoms with Gasteiger partial charge in [-0.3, -0.25) is 4.79 Å². The average molecular weight is 450 g/mol. The molecule has 0 atom stereocenters. The number of benzene rings is 1. The molecule has 17 heavy (non-hydrogen) atoms. The molecule has 0 amide bonds. The van der Waals surface area contributed by atoms with Gasteiger partial charge in [0, 0.05) is 13.2 Å². The summed E-state index contributed by atoms with van der Waals surface area (Å²) >= 11 is 4.32. The lowest BCUT2D eigenvalue weighted by atomic mass is 10.1. The van der Waals surface area contributed by atoms with E-state index in [0.717, 1.165) is 18.5 Å². The van der Waals surface area contributed by atoms with Gasteiger partial charge in [0.2, 0.25) is 5.78 Å². The van der Waals surface area contributed by atoms with E-state index in [-0.39, 0.29) is 11.5 Å². The maximum absolute atomic E-state index is 11.3. The SMILES string of the molecule is NC1=CC(=Nc2ccc(I)cc2)C(I)=CC1=O. The van der Waals surface area contributed by atoms with Crippen molar-refractivity contribution >= 4 is 62.4 Å². The van der Waals surface area contributed by atoms with Crippen molar-refractivity contribution in [3.63, 3.8) is 0 Å². The van der Waals surface area contributed by atoms with E-state index in [1.165, 1.54) is 6.08 Å². The van der Waals surface area contributed by atoms with Crippen LogP contribution in [0.2, 0.25) is 0 Å². The number of hydrogen-bond acceptors (Lipinski definition) is 3. The van der Waals surface area contributed by atoms with Gasteiger partial charge in [-0.25, -0.2) is 4.99 Å². The van der Waals surface area contributed by atoms with Crippen LogP contribution in [0.3, 0.4) is 0 Å². The molecule has 0 radical (unpaired) electrons. The highest BCUT2D eigenvalue weighted by Crippen LogP contribution is 2.21. The van der Waals surface area contributed by atoms with E-state index in [0.29, 0.717) is 0 Å². The van der Waals surface area contributed by atoms with Crippen LogP contribution in [0.1, 0.15) is 0 Å². The predicted octanol–water partition coefficient (Wildman–Crippen LogP) is 3.11. The summed E-state index contributed by atoms with van der Waals surface area (Å²) in [5, 5.41) is 0. The van der Waals surface area contributed by atoms with Crippen molar-refractivity contribution in [1.29, 1.82) is 0 Å². The van der Waals surface area contributed by atoms with Gasteiger partial charge in [-0.15, -0.1) is 0 Å². The molecule has 0 spiro atoms. The molecule has 0 saturated heterocycles. The van der Waals surface area contributed by atoms with Crippen LogP contribution in [0.25, 0.3) is 0 Å². The number of aliphatic imine (C=N–C) groups is 1. The molecule has 86 valence electrons. The molecule has 1 aliphatic rings. The zero-order valence-electron chi connectivity index (χ0n) is 8.65. The summed E-state index contributed by atoms with van der Waals surface area (Å²) in [6.45, 7) is 0. The van der Waals surface area contributed by atoms with Crippen LogP contribution >= 0.6 is 45.2 Å². The van der Waals surface area contributed by atoms with Crippen LogP contribution in [0.4, 0.5) is 5.69 Å². The average Bonchev–Trinajstić information content (AvgIpc) is 2.29. The Hall–Kier alpha value is -0.700. The summed E-state index contributed by atoms with van der Waals surface area (Å²) in [6, 6.07) is 7.83. The van der Waals surface area contributed by atoms with Crippen LogP contribution in [0.15, 0.2) is 50.7 Å². The molecule has 5 heteroatoms. The molecular formula is C12H8I2N2O. The minimum absolute atomic E-state index is 0.157. The quantitative estimate of drug-likeness (QED) is 0.529. The summed E-state index contributed by atoms with van der Waals surface area (Å²) in [4.78, 5) is 15.8. The van der Waals surface area contributed by atoms with Crippen molar-refractivity contribution in [3.05, 3.63) is 49.3 Å². The van der Waals surface area contributed by atoms with Crippen LogP contribution in [0, 0.1) is 3.57 Å². The van der Waals surface area contributed by atoms with Crippen molar-refractivity contribution in [2.24, 2.45) is 10.7 Å². The fourth-order valence-electron chi connectivity index (χ4n) is 1.30. The highest BCUT2D eigenvalue weighted by Gasteiger charge is 2.14. The molecule has 0 bridgehead atoms. The second-order valence-corrected chi connectivity index (χ2v) is 5.84. The van der Waals surface area contributed by atoms with Crippen molar-refractivity contribution in [2.75, 3.05) is 0 Å². The van der Waals surface area contributed by atoms with Gasteiger partial charge in [0.15, 0.2) is 0 Å². The van der Waals surface area contributed by atoms with E-state index in [1.807, 2.05) is 24.3 Å². The zero-order chi connectivity index (χ0) is 12.4. The minimum atomic E-state index is -0.157. The third-order valence-electron chi connectivity index (χ3n) is 2.16. The first-order valence-electron chi connectivity index (χ1n) is 4.79. The fraction of sp³-hybridized carbons (Fsp3) is 0. The highest BCUT2D eigenvalue weighted by molar-refractivity contribution is 14.1. The summed E-state index contributed by atoms with van der Waals surface area (Å²) in [5.41, 5.74) is 7.40. The summed E-state index contributed by atoms with van der Waals surface area (Å²) in [5.74, 6) is -0.157. The number of nitrogens with two attached hydrogens (primary N) is 1. The van der Waals surface area contributed by atoms with E-state index in [4.69, 9.17) is 5.73 Å². The van der Waals surface area contributed by atoms with E-state index < -0.39 is 0 Å². The lowest BCUT2D eigenvalue weighted by molar-refractivity contribution is -0.111. The van der Waals surface area contributed by atoms with Crippen LogP contribution in [-0.4, -0.2) is 11.5 Å². The Morgan fingerprint density at radius 2 is 1.71 bits per heavy atom. The molecule has 0 fully saturated rings. The molecule has 3 nitrogen and oxygen atoms in total. The molecule has 1 aromatic rings. The maximum atomic E-state index is 11.3. The van der Waals surface area contributed by atoms with E-state index in [2.05, 4.69) is 50.2 Å². The third-order valence-corrected chi connectivity index (χ3v) is 3.74. The summed E-state index contributed by atoms with van der Waals surface area (Å²) in [7, 11) is 0. The van der Waals surface area contributed by atoms with E-state index in [9.17, 15) is 4.79 Å². The molecule has 0 aromatic heterocycles. The topological polar surface area (TPSA) is 55.4 Å². The van der Waals surface area contributed by atoms with Gasteiger partial charge in [0.05, 0.1) is 17.1 Å². The van der Waals surface area contributed by atoms with Gasteiger partial charge in [-0.05, 0) is 75.5 Å². The van der Waals surface area contributed by atoms with Gasteiger partial charge in [0.25, 0.3) is 0 Å². The summed E-state index contributed by atoms with van der Waals surface area (Å²) in [6.07, 6.45) is 3.11. The van der Waals surface area contributed by atoms with Crippen molar-refractivity contribution in [1.82, 2.24) is 0 Å². The molecule has 2 rings (SSSR count). The number of nitrogens with zero attached hydrogens (tertiary/aromatic N) is 1. The molecule has 1 aliphatic carbocycles. The smallest absolute Gasteiger partial charge is 0.202 e. The molecule has 2 N–H and O–H groups in total. The number of carbonyl (C=O) groups excluding carboxylic acids is 1. The number of allylic oxidation sites excluding steroid dienone is 3. The molecule has 0 aliphatic heterocycles. The second kappa shape index (κ2) is 5.30. The Kier molecular flexibility index (Phi) is 3.97. The van der Waals surface area contributed by atoms with Crippen molar-refractivity contribution in [2.45, 2.75) is 0 Å². The second-order valence-electron chi connectivity index (χ2n) is 3.43. The third kappa shape index (κ3) is 3.15. The number of ketones is 1. The predicted molar refractivity (Wildman–Crippen MR) is 85.6 cm³/mol. The van der Waals surface area contributed by atoms with Gasteiger partial charge < -0.3 is 5.73 Å². The minimum Gasteiger partial charge on any atom is -0.396 e. The van der Waals surface area contributed by atoms with Gasteiger partial charge in [0.1, 0.15) is 0 Å². The van der Waals surface area contributed by atoms with Crippen LogP contribution < -0.4 is 5.73 Å². The molecule has 0 heterocycles. The van der Waals surface area contributed by atoms with Crippen molar-refractivity contribution in [3.8, 4) is 0 Å². The Morgan fingerprint density at radius 1 is 1.06 bits per heavy atom. The van der Waals surface area contributed by atoms with Crippen molar-refractivity contribution < 1.29 is 4.79 Å². The first-order chi connectivity index (χ1) is 8.06. The maximum Gasteiger partial charge on any atom is 0.202 e. The first-order valence-corrected chi connectivity index (χ1v) is 6.95. The van der Waals surface area contributed by atoms with Gasteiger partial charge >= 0.3 is 0 Å². The van der Waals surface area contributed by atoms with Crippen LogP contribution in [-0.2, 0) is 4.79 Å². The Morgan fingerprint density at radius 3 is 2.35 bits per heavy atom. The molecule has 1 aromatic carbocycles. The fourth-order valence-corrected chi connectivity index (χ4v) is 2.22. The number of halogens is 2. The largest absolute Gasteiger partial charge is 0.396 e. The normalized spacial score (nSPS) is 18.0. The molecular weight excluding hydrogens is 442 g/mol. The van der Waals surface area contributed by atoms with E-state index in [1.54, 1.807) is 6.08 Å². The molecule has 0 saturated carbocycles. The lowest BCUT2D eigenvalue weighted by Gasteiger charge is -2.08. The Labute approximate surface area is 126 Å². The van der Waals surface area contributed by atoms with Crippen LogP contribution in [0.5, 0.6) is 0 Å². The Balaban J connectivity index is 2.37.